The molecular formula is C17H32O. The lowest BCUT2D eigenvalue weighted by Gasteiger charge is -2.46. The minimum atomic E-state index is -0.0875. The largest absolute Gasteiger partial charge is 0.299 e. The van der Waals surface area contributed by atoms with E-state index in [1.165, 1.54) is 12.8 Å². The quantitative estimate of drug-likeness (QED) is 0.681. The van der Waals surface area contributed by atoms with Crippen LogP contribution in [0.5, 0.6) is 0 Å². The monoisotopic (exact) mass is 252 g/mol. The molecule has 0 aromatic heterocycles. The van der Waals surface area contributed by atoms with Crippen LogP contribution in [-0.4, -0.2) is 5.78 Å². The first-order chi connectivity index (χ1) is 8.22. The normalized spacial score (nSPS) is 34.6. The summed E-state index contributed by atoms with van der Waals surface area (Å²) < 4.78 is 0. The van der Waals surface area contributed by atoms with Crippen molar-refractivity contribution < 1.29 is 4.79 Å². The number of hydrogen-bond donors (Lipinski definition) is 0. The van der Waals surface area contributed by atoms with Gasteiger partial charge in [-0.2, -0.15) is 0 Å². The van der Waals surface area contributed by atoms with Crippen LogP contribution in [-0.2, 0) is 4.79 Å². The predicted molar refractivity (Wildman–Crippen MR) is 78.5 cm³/mol. The molecule has 0 N–H and O–H groups in total. The van der Waals surface area contributed by atoms with Gasteiger partial charge in [0.15, 0.2) is 0 Å². The molecule has 0 heterocycles. The molecule has 106 valence electrons. The molecule has 0 aromatic rings. The van der Waals surface area contributed by atoms with Gasteiger partial charge in [-0.3, -0.25) is 4.79 Å². The van der Waals surface area contributed by atoms with Gasteiger partial charge in [0, 0.05) is 5.41 Å². The highest BCUT2D eigenvalue weighted by molar-refractivity contribution is 5.84. The van der Waals surface area contributed by atoms with Crippen molar-refractivity contribution in [1.82, 2.24) is 0 Å². The molecule has 0 saturated heterocycles. The van der Waals surface area contributed by atoms with Crippen LogP contribution in [0.15, 0.2) is 0 Å². The second-order valence-corrected chi connectivity index (χ2v) is 7.38. The van der Waals surface area contributed by atoms with Crippen LogP contribution in [0, 0.1) is 28.6 Å². The molecule has 1 aliphatic rings. The van der Waals surface area contributed by atoms with Crippen molar-refractivity contribution in [1.29, 1.82) is 0 Å². The fraction of sp³-hybridized carbons (Fsp3) is 0.941. The summed E-state index contributed by atoms with van der Waals surface area (Å²) in [6.07, 6.45) is 4.72. The number of rotatable bonds is 4. The zero-order chi connectivity index (χ0) is 14.1. The number of ketones is 1. The maximum atomic E-state index is 12.4. The molecule has 0 aromatic carbocycles. The number of carbonyl (C=O) groups is 1. The summed E-state index contributed by atoms with van der Waals surface area (Å²) in [4.78, 5) is 12.4. The summed E-state index contributed by atoms with van der Waals surface area (Å²) in [5.41, 5.74) is -0.00241. The van der Waals surface area contributed by atoms with Crippen LogP contribution in [0.3, 0.4) is 0 Å². The second-order valence-electron chi connectivity index (χ2n) is 7.38. The van der Waals surface area contributed by atoms with Gasteiger partial charge in [0.25, 0.3) is 0 Å². The summed E-state index contributed by atoms with van der Waals surface area (Å²) in [5, 5.41) is 0. The predicted octanol–water partition coefficient (Wildman–Crippen LogP) is 5.09. The van der Waals surface area contributed by atoms with Crippen molar-refractivity contribution in [2.75, 3.05) is 0 Å². The fourth-order valence-corrected chi connectivity index (χ4v) is 4.68. The highest BCUT2D eigenvalue weighted by atomic mass is 16.1. The van der Waals surface area contributed by atoms with Crippen LogP contribution in [0.2, 0.25) is 0 Å². The van der Waals surface area contributed by atoms with Gasteiger partial charge in [-0.1, -0.05) is 54.4 Å². The summed E-state index contributed by atoms with van der Waals surface area (Å²) in [7, 11) is 0. The number of carbonyl (C=O) groups excluding carboxylic acids is 1. The topological polar surface area (TPSA) is 17.1 Å². The van der Waals surface area contributed by atoms with E-state index < -0.39 is 0 Å². The van der Waals surface area contributed by atoms with Crippen molar-refractivity contribution in [3.8, 4) is 0 Å². The Hall–Kier alpha value is -0.330. The lowest BCUT2D eigenvalue weighted by Crippen LogP contribution is -2.46. The van der Waals surface area contributed by atoms with Gasteiger partial charge < -0.3 is 0 Å². The molecule has 0 aliphatic heterocycles. The van der Waals surface area contributed by atoms with E-state index in [9.17, 15) is 4.79 Å². The third-order valence-electron chi connectivity index (χ3n) is 5.80. The van der Waals surface area contributed by atoms with Crippen LogP contribution in [0.4, 0.5) is 0 Å². The van der Waals surface area contributed by atoms with E-state index in [4.69, 9.17) is 0 Å². The van der Waals surface area contributed by atoms with E-state index in [1.54, 1.807) is 0 Å². The Morgan fingerprint density at radius 3 is 2.22 bits per heavy atom. The van der Waals surface area contributed by atoms with E-state index in [1.807, 2.05) is 6.92 Å². The van der Waals surface area contributed by atoms with Gasteiger partial charge >= 0.3 is 0 Å². The molecule has 18 heavy (non-hydrogen) atoms. The van der Waals surface area contributed by atoms with Gasteiger partial charge in [-0.05, 0) is 42.9 Å². The smallest absolute Gasteiger partial charge is 0.136 e. The molecule has 0 radical (unpaired) electrons. The molecule has 1 heteroatoms. The zero-order valence-corrected chi connectivity index (χ0v) is 13.5. The van der Waals surface area contributed by atoms with E-state index in [0.717, 1.165) is 24.7 Å². The van der Waals surface area contributed by atoms with E-state index in [0.29, 0.717) is 11.7 Å². The van der Waals surface area contributed by atoms with E-state index in [2.05, 4.69) is 41.5 Å². The average Bonchev–Trinajstić information content (AvgIpc) is 2.67. The number of hydrogen-bond acceptors (Lipinski definition) is 1. The van der Waals surface area contributed by atoms with Gasteiger partial charge in [0.1, 0.15) is 5.78 Å². The molecular weight excluding hydrogens is 220 g/mol. The minimum Gasteiger partial charge on any atom is -0.299 e. The molecule has 4 atom stereocenters. The van der Waals surface area contributed by atoms with Gasteiger partial charge in [-0.15, -0.1) is 0 Å². The van der Waals surface area contributed by atoms with Crippen molar-refractivity contribution in [2.24, 2.45) is 28.6 Å². The Morgan fingerprint density at radius 1 is 1.33 bits per heavy atom. The molecule has 0 amide bonds. The van der Waals surface area contributed by atoms with Crippen LogP contribution in [0.25, 0.3) is 0 Å². The van der Waals surface area contributed by atoms with Crippen molar-refractivity contribution in [3.05, 3.63) is 0 Å². The molecule has 1 rings (SSSR count). The molecule has 0 bridgehead atoms. The Balaban J connectivity index is 3.18. The molecule has 1 aliphatic carbocycles. The standard InChI is InChI=1S/C17H32O/c1-8-12(3)14-10-11-17(13(4)18,15(14)9-2)16(5,6)7/h12,14-15H,8-11H2,1-7H3. The SMILES string of the molecule is CCC(C)C1CCC(C(C)=O)(C(C)(C)C)C1CC. The lowest BCUT2D eigenvalue weighted by atomic mass is 9.56. The second kappa shape index (κ2) is 5.35. The molecule has 1 saturated carbocycles. The van der Waals surface area contributed by atoms with E-state index >= 15 is 0 Å². The van der Waals surface area contributed by atoms with Gasteiger partial charge in [0.2, 0.25) is 0 Å². The molecule has 1 fully saturated rings. The van der Waals surface area contributed by atoms with Crippen LogP contribution >= 0.6 is 0 Å². The summed E-state index contributed by atoms with van der Waals surface area (Å²) in [6, 6.07) is 0. The van der Waals surface area contributed by atoms with Gasteiger partial charge in [0.05, 0.1) is 0 Å². The highest BCUT2D eigenvalue weighted by Gasteiger charge is 2.57. The lowest BCUT2D eigenvalue weighted by molar-refractivity contribution is -0.137. The summed E-state index contributed by atoms with van der Waals surface area (Å²) in [6.45, 7) is 15.5. The van der Waals surface area contributed by atoms with Crippen LogP contribution in [0.1, 0.15) is 74.1 Å². The maximum Gasteiger partial charge on any atom is 0.136 e. The zero-order valence-electron chi connectivity index (χ0n) is 13.5. The number of Topliss-reactive ketones (excluding diaryl/α,β-unsaturated/α-hetero) is 1. The Morgan fingerprint density at radius 2 is 1.89 bits per heavy atom. The third kappa shape index (κ3) is 2.26. The Kier molecular flexibility index (Phi) is 4.67. The minimum absolute atomic E-state index is 0.0850. The average molecular weight is 252 g/mol. The summed E-state index contributed by atoms with van der Waals surface area (Å²) in [5.74, 6) is 2.49. The first-order valence-electron chi connectivity index (χ1n) is 7.73. The first-order valence-corrected chi connectivity index (χ1v) is 7.73. The Bertz CT molecular complexity index is 299. The highest BCUT2D eigenvalue weighted by Crippen LogP contribution is 2.60. The van der Waals surface area contributed by atoms with Crippen molar-refractivity contribution >= 4 is 5.78 Å². The molecule has 1 nitrogen and oxygen atoms in total. The Labute approximate surface area is 114 Å². The summed E-state index contributed by atoms with van der Waals surface area (Å²) >= 11 is 0. The maximum absolute atomic E-state index is 12.4. The third-order valence-corrected chi connectivity index (χ3v) is 5.80. The van der Waals surface area contributed by atoms with E-state index in [-0.39, 0.29) is 10.8 Å². The first kappa shape index (κ1) is 15.7. The molecule has 4 unspecified atom stereocenters. The van der Waals surface area contributed by atoms with Crippen molar-refractivity contribution in [3.63, 3.8) is 0 Å². The van der Waals surface area contributed by atoms with Crippen molar-refractivity contribution in [2.45, 2.75) is 74.1 Å². The fourth-order valence-electron chi connectivity index (χ4n) is 4.68. The van der Waals surface area contributed by atoms with Crippen LogP contribution < -0.4 is 0 Å². The van der Waals surface area contributed by atoms with Gasteiger partial charge in [-0.25, -0.2) is 0 Å². The molecule has 0 spiro atoms.